The van der Waals surface area contributed by atoms with Crippen molar-refractivity contribution in [2.75, 3.05) is 33.7 Å². The van der Waals surface area contributed by atoms with Crippen molar-refractivity contribution >= 4 is 5.91 Å². The van der Waals surface area contributed by atoms with E-state index in [1.165, 1.54) is 6.39 Å². The van der Waals surface area contributed by atoms with Crippen LogP contribution in [-0.2, 0) is 13.0 Å². The lowest BCUT2D eigenvalue weighted by Gasteiger charge is -2.32. The molecule has 2 aromatic heterocycles. The highest BCUT2D eigenvalue weighted by Gasteiger charge is 2.30. The third-order valence-electron chi connectivity index (χ3n) is 4.77. The number of piperidine rings is 1. The Kier molecular flexibility index (Phi) is 5.53. The molecule has 0 saturated carbocycles. The fraction of sp³-hybridized carbons (Fsp3) is 0.611. The van der Waals surface area contributed by atoms with Crippen LogP contribution in [0.2, 0.25) is 0 Å². The summed E-state index contributed by atoms with van der Waals surface area (Å²) in [5.41, 5.74) is 0.457. The summed E-state index contributed by atoms with van der Waals surface area (Å²) in [4.78, 5) is 25.6. The number of carbonyl (C=O) groups excluding carboxylic acids is 1. The van der Waals surface area contributed by atoms with Crippen molar-refractivity contribution in [2.24, 2.45) is 0 Å². The van der Waals surface area contributed by atoms with E-state index in [4.69, 9.17) is 4.42 Å². The largest absolute Gasteiger partial charge is 0.448 e. The van der Waals surface area contributed by atoms with Gasteiger partial charge in [-0.15, -0.1) is 0 Å². The summed E-state index contributed by atoms with van der Waals surface area (Å²) < 4.78 is 7.53. The number of hydrogen-bond donors (Lipinski definition) is 0. The minimum absolute atomic E-state index is 0.0262. The molecule has 1 atom stereocenters. The number of imidazole rings is 1. The molecule has 0 spiro atoms. The van der Waals surface area contributed by atoms with E-state index in [9.17, 15) is 4.79 Å². The highest BCUT2D eigenvalue weighted by Crippen LogP contribution is 2.27. The molecule has 0 unspecified atom stereocenters. The van der Waals surface area contributed by atoms with Crippen molar-refractivity contribution in [1.82, 2.24) is 24.3 Å². The zero-order valence-electron chi connectivity index (χ0n) is 15.3. The van der Waals surface area contributed by atoms with Gasteiger partial charge >= 0.3 is 0 Å². The molecule has 0 aliphatic carbocycles. The first-order valence-electron chi connectivity index (χ1n) is 8.97. The average Bonchev–Trinajstić information content (AvgIpc) is 3.28. The maximum atomic E-state index is 12.8. The quantitative estimate of drug-likeness (QED) is 0.801. The van der Waals surface area contributed by atoms with Crippen LogP contribution >= 0.6 is 0 Å². The van der Waals surface area contributed by atoms with Crippen LogP contribution in [-0.4, -0.2) is 64.0 Å². The average molecular weight is 345 g/mol. The van der Waals surface area contributed by atoms with Gasteiger partial charge in [-0.3, -0.25) is 4.79 Å². The van der Waals surface area contributed by atoms with Gasteiger partial charge in [-0.2, -0.15) is 0 Å². The predicted molar refractivity (Wildman–Crippen MR) is 94.5 cm³/mol. The molecular formula is C18H27N5O2. The van der Waals surface area contributed by atoms with Crippen molar-refractivity contribution < 1.29 is 9.21 Å². The molecule has 0 N–H and O–H groups in total. The van der Waals surface area contributed by atoms with E-state index in [2.05, 4.69) is 33.5 Å². The Bertz CT molecular complexity index is 706. The molecule has 7 nitrogen and oxygen atoms in total. The molecule has 1 aliphatic heterocycles. The van der Waals surface area contributed by atoms with E-state index in [0.29, 0.717) is 24.4 Å². The van der Waals surface area contributed by atoms with Crippen LogP contribution in [0.1, 0.15) is 47.8 Å². The predicted octanol–water partition coefficient (Wildman–Crippen LogP) is 2.01. The van der Waals surface area contributed by atoms with E-state index in [-0.39, 0.29) is 11.8 Å². The van der Waals surface area contributed by atoms with Crippen LogP contribution in [0.15, 0.2) is 23.2 Å². The summed E-state index contributed by atoms with van der Waals surface area (Å²) in [5.74, 6) is 1.99. The van der Waals surface area contributed by atoms with E-state index >= 15 is 0 Å². The molecule has 3 heterocycles. The van der Waals surface area contributed by atoms with Gasteiger partial charge in [0.15, 0.2) is 12.1 Å². The molecule has 136 valence electrons. The molecule has 0 bridgehead atoms. The van der Waals surface area contributed by atoms with Crippen LogP contribution in [0, 0.1) is 0 Å². The minimum atomic E-state index is -0.0262. The van der Waals surface area contributed by atoms with Crippen molar-refractivity contribution in [3.05, 3.63) is 36.1 Å². The van der Waals surface area contributed by atoms with Crippen LogP contribution in [0.25, 0.3) is 0 Å². The molecule has 3 rings (SSSR count). The van der Waals surface area contributed by atoms with Gasteiger partial charge < -0.3 is 18.8 Å². The highest BCUT2D eigenvalue weighted by atomic mass is 16.3. The second-order valence-corrected chi connectivity index (χ2v) is 6.85. The number of aryl methyl sites for hydroxylation is 1. The maximum absolute atomic E-state index is 12.8. The zero-order chi connectivity index (χ0) is 17.8. The first kappa shape index (κ1) is 17.7. The van der Waals surface area contributed by atoms with Crippen molar-refractivity contribution in [1.29, 1.82) is 0 Å². The first-order valence-corrected chi connectivity index (χ1v) is 8.97. The molecule has 2 aromatic rings. The van der Waals surface area contributed by atoms with Gasteiger partial charge in [0.1, 0.15) is 11.6 Å². The SMILES string of the molecule is CCc1ocnc1C(=O)N1CCC[C@H](c2nccn2CCN(C)C)C1. The summed E-state index contributed by atoms with van der Waals surface area (Å²) in [6.07, 6.45) is 7.97. The molecule has 7 heteroatoms. The first-order chi connectivity index (χ1) is 12.1. The number of carbonyl (C=O) groups is 1. The third kappa shape index (κ3) is 3.92. The molecule has 0 aromatic carbocycles. The number of amides is 1. The van der Waals surface area contributed by atoms with Crippen LogP contribution in [0.3, 0.4) is 0 Å². The fourth-order valence-electron chi connectivity index (χ4n) is 3.40. The lowest BCUT2D eigenvalue weighted by molar-refractivity contribution is 0.0695. The van der Waals surface area contributed by atoms with Gasteiger partial charge in [-0.05, 0) is 26.9 Å². The second-order valence-electron chi connectivity index (χ2n) is 6.85. The van der Waals surface area contributed by atoms with Gasteiger partial charge in [0, 0.05) is 50.9 Å². The number of likely N-dealkylation sites (tertiary alicyclic amines) is 1. The fourth-order valence-corrected chi connectivity index (χ4v) is 3.40. The van der Waals surface area contributed by atoms with E-state index in [1.54, 1.807) is 0 Å². The maximum Gasteiger partial charge on any atom is 0.276 e. The van der Waals surface area contributed by atoms with Gasteiger partial charge in [0.25, 0.3) is 5.91 Å². The Morgan fingerprint density at radius 3 is 3.00 bits per heavy atom. The van der Waals surface area contributed by atoms with Crippen LogP contribution in [0.5, 0.6) is 0 Å². The molecule has 1 amide bonds. The monoisotopic (exact) mass is 345 g/mol. The summed E-state index contributed by atoms with van der Waals surface area (Å²) in [6.45, 7) is 5.31. The molecule has 25 heavy (non-hydrogen) atoms. The Morgan fingerprint density at radius 2 is 2.24 bits per heavy atom. The van der Waals surface area contributed by atoms with Crippen molar-refractivity contribution in [2.45, 2.75) is 38.6 Å². The van der Waals surface area contributed by atoms with E-state index < -0.39 is 0 Å². The number of nitrogens with zero attached hydrogens (tertiary/aromatic N) is 5. The molecule has 1 fully saturated rings. The normalized spacial score (nSPS) is 18.1. The smallest absolute Gasteiger partial charge is 0.276 e. The minimum Gasteiger partial charge on any atom is -0.448 e. The summed E-state index contributed by atoms with van der Waals surface area (Å²) in [5, 5.41) is 0. The van der Waals surface area contributed by atoms with Crippen LogP contribution < -0.4 is 0 Å². The number of oxazole rings is 1. The molecule has 1 saturated heterocycles. The number of hydrogen-bond acceptors (Lipinski definition) is 5. The topological polar surface area (TPSA) is 67.4 Å². The summed E-state index contributed by atoms with van der Waals surface area (Å²) >= 11 is 0. The van der Waals surface area contributed by atoms with Crippen molar-refractivity contribution in [3.8, 4) is 0 Å². The lowest BCUT2D eigenvalue weighted by atomic mass is 9.96. The Balaban J connectivity index is 1.71. The number of likely N-dealkylation sites (N-methyl/N-ethyl adjacent to an activating group) is 1. The van der Waals surface area contributed by atoms with Gasteiger partial charge in [0.2, 0.25) is 0 Å². The zero-order valence-corrected chi connectivity index (χ0v) is 15.3. The summed E-state index contributed by atoms with van der Waals surface area (Å²) in [7, 11) is 4.14. The highest BCUT2D eigenvalue weighted by molar-refractivity contribution is 5.93. The second kappa shape index (κ2) is 7.82. The number of rotatable bonds is 6. The Morgan fingerprint density at radius 1 is 1.40 bits per heavy atom. The van der Waals surface area contributed by atoms with Gasteiger partial charge in [0.05, 0.1) is 0 Å². The van der Waals surface area contributed by atoms with E-state index in [0.717, 1.165) is 38.3 Å². The lowest BCUT2D eigenvalue weighted by Crippen LogP contribution is -2.40. The summed E-state index contributed by atoms with van der Waals surface area (Å²) in [6, 6.07) is 0. The van der Waals surface area contributed by atoms with E-state index in [1.807, 2.05) is 24.2 Å². The van der Waals surface area contributed by atoms with Crippen LogP contribution in [0.4, 0.5) is 0 Å². The molecular weight excluding hydrogens is 318 g/mol. The third-order valence-corrected chi connectivity index (χ3v) is 4.77. The standard InChI is InChI=1S/C18H27N5O2/c1-4-15-16(20-13-25-15)18(24)23-8-5-6-14(12-23)17-19-7-9-22(17)11-10-21(2)3/h7,9,13-14H,4-6,8,10-12H2,1-3H3/t14-/m0/s1. The van der Waals surface area contributed by atoms with Crippen molar-refractivity contribution in [3.63, 3.8) is 0 Å². The Labute approximate surface area is 148 Å². The molecule has 0 radical (unpaired) electrons. The number of aromatic nitrogens is 3. The van der Waals surface area contributed by atoms with Gasteiger partial charge in [-0.1, -0.05) is 6.92 Å². The molecule has 1 aliphatic rings. The van der Waals surface area contributed by atoms with Gasteiger partial charge in [-0.25, -0.2) is 9.97 Å². The Hall–Kier alpha value is -2.15.